The van der Waals surface area contributed by atoms with Gasteiger partial charge >= 0.3 is 0 Å². The molecule has 2 aliphatic rings. The Kier molecular flexibility index (Phi) is 7.38. The fraction of sp³-hybridized carbons (Fsp3) is 0.118. The number of rotatable bonds is 5. The predicted molar refractivity (Wildman–Crippen MR) is 224 cm³/mol. The van der Waals surface area contributed by atoms with Gasteiger partial charge in [0.2, 0.25) is 0 Å². The lowest BCUT2D eigenvalue weighted by molar-refractivity contribution is 0.353. The molecule has 0 aliphatic heterocycles. The largest absolute Gasteiger partial charge is 0.456 e. The summed E-state index contributed by atoms with van der Waals surface area (Å²) >= 11 is 0. The molecule has 0 radical (unpaired) electrons. The Morgan fingerprint density at radius 2 is 0.982 bits per heavy atom. The maximum Gasteiger partial charge on any atom is 0.164 e. The lowest BCUT2D eigenvalue weighted by Gasteiger charge is -2.36. The van der Waals surface area contributed by atoms with E-state index in [0.29, 0.717) is 17.5 Å². The van der Waals surface area contributed by atoms with Crippen molar-refractivity contribution in [2.45, 2.75) is 37.5 Å². The molecule has 0 saturated heterocycles. The standard InChI is InChI=1S/C51H37N3O/c1-4-14-33(15-5-1)34-24-26-36(27-25-34)48-52-49(37-28-29-40-45(32-37)55-44-23-13-19-38(47(40)44)35-16-6-2-7-17-35)54-50(53-48)41-20-12-22-43-46(41)39-18-8-9-21-42(39)51(43)30-10-3-11-31-51/h1-2,4-9,12-29,32H,3,10-11,30-31H2. The average molecular weight is 708 g/mol. The zero-order chi connectivity index (χ0) is 36.3. The van der Waals surface area contributed by atoms with Gasteiger partial charge in [-0.3, -0.25) is 0 Å². The van der Waals surface area contributed by atoms with Gasteiger partial charge in [-0.05, 0) is 75.5 Å². The van der Waals surface area contributed by atoms with Crippen LogP contribution >= 0.6 is 0 Å². The van der Waals surface area contributed by atoms with E-state index in [9.17, 15) is 0 Å². The maximum absolute atomic E-state index is 6.55. The minimum atomic E-state index is 0.0388. The minimum Gasteiger partial charge on any atom is -0.456 e. The third-order valence-electron chi connectivity index (χ3n) is 12.0. The number of fused-ring (bicyclic) bond motifs is 8. The van der Waals surface area contributed by atoms with Crippen LogP contribution in [0.2, 0.25) is 0 Å². The Balaban J connectivity index is 1.10. The Bertz CT molecular complexity index is 2890. The second kappa shape index (κ2) is 12.7. The summed E-state index contributed by atoms with van der Waals surface area (Å²) in [6, 6.07) is 58.0. The molecule has 55 heavy (non-hydrogen) atoms. The Hall–Kier alpha value is -6.65. The van der Waals surface area contributed by atoms with Crippen molar-refractivity contribution >= 4 is 21.9 Å². The van der Waals surface area contributed by atoms with E-state index in [-0.39, 0.29) is 5.41 Å². The summed E-state index contributed by atoms with van der Waals surface area (Å²) in [7, 11) is 0. The van der Waals surface area contributed by atoms with Gasteiger partial charge < -0.3 is 4.42 Å². The van der Waals surface area contributed by atoms with Crippen LogP contribution in [0.5, 0.6) is 0 Å². The SMILES string of the molecule is c1ccc(-c2ccc(-c3nc(-c4ccc5c(c4)oc4cccc(-c6ccccc6)c45)nc(-c4cccc5c4-c4ccccc4C54CCCCC4)n3)cc2)cc1. The monoisotopic (exact) mass is 707 g/mol. The molecule has 1 spiro atoms. The first kappa shape index (κ1) is 31.8. The van der Waals surface area contributed by atoms with Crippen LogP contribution in [-0.2, 0) is 5.41 Å². The molecular formula is C51H37N3O. The molecule has 7 aromatic carbocycles. The molecule has 0 unspecified atom stereocenters. The van der Waals surface area contributed by atoms with Gasteiger partial charge in [0.25, 0.3) is 0 Å². The molecule has 0 N–H and O–H groups in total. The molecule has 2 aromatic heterocycles. The van der Waals surface area contributed by atoms with Gasteiger partial charge in [0.15, 0.2) is 17.5 Å². The van der Waals surface area contributed by atoms with Crippen molar-refractivity contribution in [2.75, 3.05) is 0 Å². The van der Waals surface area contributed by atoms with Crippen molar-refractivity contribution in [2.24, 2.45) is 0 Å². The highest BCUT2D eigenvalue weighted by atomic mass is 16.3. The molecule has 2 heterocycles. The van der Waals surface area contributed by atoms with E-state index in [4.69, 9.17) is 19.4 Å². The van der Waals surface area contributed by atoms with Crippen LogP contribution in [0.15, 0.2) is 168 Å². The molecule has 11 rings (SSSR count). The zero-order valence-corrected chi connectivity index (χ0v) is 30.4. The Morgan fingerprint density at radius 3 is 1.78 bits per heavy atom. The summed E-state index contributed by atoms with van der Waals surface area (Å²) in [4.78, 5) is 15.8. The summed E-state index contributed by atoms with van der Waals surface area (Å²) < 4.78 is 6.55. The van der Waals surface area contributed by atoms with Crippen molar-refractivity contribution in [3.05, 3.63) is 175 Å². The van der Waals surface area contributed by atoms with E-state index in [1.165, 1.54) is 59.9 Å². The van der Waals surface area contributed by atoms with Crippen molar-refractivity contribution in [1.29, 1.82) is 0 Å². The molecule has 4 heteroatoms. The third kappa shape index (κ3) is 5.16. The first-order valence-corrected chi connectivity index (χ1v) is 19.4. The van der Waals surface area contributed by atoms with Crippen molar-refractivity contribution in [3.8, 4) is 67.5 Å². The average Bonchev–Trinajstić information content (AvgIpc) is 3.77. The van der Waals surface area contributed by atoms with Gasteiger partial charge in [-0.25, -0.2) is 15.0 Å². The summed E-state index contributed by atoms with van der Waals surface area (Å²) in [6.45, 7) is 0. The van der Waals surface area contributed by atoms with Gasteiger partial charge in [-0.2, -0.15) is 0 Å². The molecule has 1 saturated carbocycles. The van der Waals surface area contributed by atoms with Crippen LogP contribution in [0.4, 0.5) is 0 Å². The van der Waals surface area contributed by atoms with E-state index >= 15 is 0 Å². The smallest absolute Gasteiger partial charge is 0.164 e. The van der Waals surface area contributed by atoms with Crippen LogP contribution in [-0.4, -0.2) is 15.0 Å². The van der Waals surface area contributed by atoms with E-state index in [1.807, 2.05) is 12.1 Å². The highest BCUT2D eigenvalue weighted by Crippen LogP contribution is 2.57. The Morgan fingerprint density at radius 1 is 0.400 bits per heavy atom. The molecule has 262 valence electrons. The maximum atomic E-state index is 6.55. The minimum absolute atomic E-state index is 0.0388. The molecular weight excluding hydrogens is 671 g/mol. The topological polar surface area (TPSA) is 51.8 Å². The number of hydrogen-bond acceptors (Lipinski definition) is 4. The highest BCUT2D eigenvalue weighted by Gasteiger charge is 2.44. The zero-order valence-electron chi connectivity index (χ0n) is 30.4. The number of benzene rings is 7. The molecule has 0 atom stereocenters. The van der Waals surface area contributed by atoms with Gasteiger partial charge in [-0.15, -0.1) is 0 Å². The van der Waals surface area contributed by atoms with E-state index in [0.717, 1.165) is 55.3 Å². The fourth-order valence-electron chi connectivity index (χ4n) is 9.41. The third-order valence-corrected chi connectivity index (χ3v) is 12.0. The number of nitrogens with zero attached hydrogens (tertiary/aromatic N) is 3. The molecule has 0 bridgehead atoms. The second-order valence-corrected chi connectivity index (χ2v) is 15.0. The van der Waals surface area contributed by atoms with Crippen LogP contribution < -0.4 is 0 Å². The highest BCUT2D eigenvalue weighted by molar-refractivity contribution is 6.13. The molecule has 4 nitrogen and oxygen atoms in total. The molecule has 9 aromatic rings. The molecule has 0 amide bonds. The predicted octanol–water partition coefficient (Wildman–Crippen LogP) is 13.3. The number of furan rings is 1. The van der Waals surface area contributed by atoms with Crippen molar-refractivity contribution in [1.82, 2.24) is 15.0 Å². The quantitative estimate of drug-likeness (QED) is 0.179. The Labute approximate surface area is 320 Å². The van der Waals surface area contributed by atoms with Gasteiger partial charge in [0, 0.05) is 32.9 Å². The number of hydrogen-bond donors (Lipinski definition) is 0. The first-order valence-electron chi connectivity index (χ1n) is 19.4. The van der Waals surface area contributed by atoms with Gasteiger partial charge in [-0.1, -0.05) is 165 Å². The normalized spacial score (nSPS) is 14.3. The van der Waals surface area contributed by atoms with E-state index in [1.54, 1.807) is 0 Å². The van der Waals surface area contributed by atoms with E-state index < -0.39 is 0 Å². The first-order chi connectivity index (χ1) is 27.2. The molecule has 1 fully saturated rings. The van der Waals surface area contributed by atoms with E-state index in [2.05, 4.69) is 152 Å². The lowest BCUT2D eigenvalue weighted by atomic mass is 9.68. The van der Waals surface area contributed by atoms with Crippen molar-refractivity contribution < 1.29 is 4.42 Å². The van der Waals surface area contributed by atoms with Crippen LogP contribution in [0.1, 0.15) is 43.2 Å². The van der Waals surface area contributed by atoms with Crippen LogP contribution in [0, 0.1) is 0 Å². The molecule has 2 aliphatic carbocycles. The number of aromatic nitrogens is 3. The van der Waals surface area contributed by atoms with Crippen molar-refractivity contribution in [3.63, 3.8) is 0 Å². The van der Waals surface area contributed by atoms with Crippen LogP contribution in [0.3, 0.4) is 0 Å². The second-order valence-electron chi connectivity index (χ2n) is 15.0. The van der Waals surface area contributed by atoms with Gasteiger partial charge in [0.1, 0.15) is 11.2 Å². The lowest BCUT2D eigenvalue weighted by Crippen LogP contribution is -2.27. The van der Waals surface area contributed by atoms with Gasteiger partial charge in [0.05, 0.1) is 0 Å². The van der Waals surface area contributed by atoms with Crippen LogP contribution in [0.25, 0.3) is 89.5 Å². The summed E-state index contributed by atoms with van der Waals surface area (Å²) in [5.74, 6) is 1.95. The summed E-state index contributed by atoms with van der Waals surface area (Å²) in [5, 5.41) is 2.18. The fourth-order valence-corrected chi connectivity index (χ4v) is 9.41. The summed E-state index contributed by atoms with van der Waals surface area (Å²) in [5.41, 5.74) is 14.7. The summed E-state index contributed by atoms with van der Waals surface area (Å²) in [6.07, 6.45) is 6.13.